The standard InChI is InChI=1S/C14H15F3O/c15-11-8-7-10(12(16)13(11)17)14(18)9-5-3-1-2-4-6-9/h7-9H,1-6H2. The molecule has 1 aromatic rings. The van der Waals surface area contributed by atoms with Crippen molar-refractivity contribution in [2.24, 2.45) is 5.92 Å². The summed E-state index contributed by atoms with van der Waals surface area (Å²) in [6, 6.07) is 1.85. The molecule has 0 aliphatic heterocycles. The van der Waals surface area contributed by atoms with E-state index in [-0.39, 0.29) is 11.5 Å². The highest BCUT2D eigenvalue weighted by Gasteiger charge is 2.26. The van der Waals surface area contributed by atoms with Gasteiger partial charge in [-0.3, -0.25) is 4.79 Å². The van der Waals surface area contributed by atoms with Gasteiger partial charge in [-0.2, -0.15) is 0 Å². The van der Waals surface area contributed by atoms with Gasteiger partial charge in [-0.1, -0.05) is 25.7 Å². The molecule has 0 atom stereocenters. The van der Waals surface area contributed by atoms with E-state index in [0.29, 0.717) is 12.8 Å². The van der Waals surface area contributed by atoms with E-state index in [4.69, 9.17) is 0 Å². The fourth-order valence-electron chi connectivity index (χ4n) is 2.48. The molecular weight excluding hydrogens is 241 g/mol. The predicted molar refractivity (Wildman–Crippen MR) is 61.8 cm³/mol. The molecule has 0 heterocycles. The molecule has 1 nitrogen and oxygen atoms in total. The first-order valence-corrected chi connectivity index (χ1v) is 6.29. The second-order valence-electron chi connectivity index (χ2n) is 4.78. The van der Waals surface area contributed by atoms with E-state index in [1.54, 1.807) is 0 Å². The molecular formula is C14H15F3O. The van der Waals surface area contributed by atoms with Crippen LogP contribution in [0.4, 0.5) is 13.2 Å². The fraction of sp³-hybridized carbons (Fsp3) is 0.500. The summed E-state index contributed by atoms with van der Waals surface area (Å²) in [5.74, 6) is -4.83. The summed E-state index contributed by atoms with van der Waals surface area (Å²) in [6.07, 6.45) is 5.42. The van der Waals surface area contributed by atoms with Crippen molar-refractivity contribution in [3.63, 3.8) is 0 Å². The quantitative estimate of drug-likeness (QED) is 0.439. The molecule has 1 fully saturated rings. The average molecular weight is 256 g/mol. The molecule has 1 aliphatic carbocycles. The molecule has 0 N–H and O–H groups in total. The normalized spacial score (nSPS) is 17.5. The third-order valence-corrected chi connectivity index (χ3v) is 3.53. The summed E-state index contributed by atoms with van der Waals surface area (Å²) in [4.78, 5) is 12.1. The van der Waals surface area contributed by atoms with Gasteiger partial charge in [-0.15, -0.1) is 0 Å². The van der Waals surface area contributed by atoms with Crippen molar-refractivity contribution < 1.29 is 18.0 Å². The highest BCUT2D eigenvalue weighted by molar-refractivity contribution is 5.98. The van der Waals surface area contributed by atoms with E-state index >= 15 is 0 Å². The Morgan fingerprint density at radius 2 is 1.56 bits per heavy atom. The number of benzene rings is 1. The molecule has 4 heteroatoms. The zero-order chi connectivity index (χ0) is 13.1. The molecule has 0 spiro atoms. The maximum Gasteiger partial charge on any atom is 0.195 e. The predicted octanol–water partition coefficient (Wildman–Crippen LogP) is 4.26. The fourth-order valence-corrected chi connectivity index (χ4v) is 2.48. The van der Waals surface area contributed by atoms with Crippen LogP contribution < -0.4 is 0 Å². The molecule has 0 unspecified atom stereocenters. The van der Waals surface area contributed by atoms with E-state index in [1.165, 1.54) is 0 Å². The van der Waals surface area contributed by atoms with Crippen LogP contribution in [-0.4, -0.2) is 5.78 Å². The molecule has 1 aliphatic rings. The van der Waals surface area contributed by atoms with Crippen LogP contribution in [0.15, 0.2) is 12.1 Å². The number of carbonyl (C=O) groups is 1. The van der Waals surface area contributed by atoms with E-state index in [0.717, 1.165) is 37.8 Å². The molecule has 0 bridgehead atoms. The first-order chi connectivity index (χ1) is 8.61. The summed E-state index contributed by atoms with van der Waals surface area (Å²) in [7, 11) is 0. The largest absolute Gasteiger partial charge is 0.294 e. The second kappa shape index (κ2) is 5.55. The van der Waals surface area contributed by atoms with Crippen LogP contribution in [0.3, 0.4) is 0 Å². The Kier molecular flexibility index (Phi) is 4.04. The zero-order valence-corrected chi connectivity index (χ0v) is 10.0. The molecule has 0 saturated heterocycles. The summed E-state index contributed by atoms with van der Waals surface area (Å²) in [6.45, 7) is 0. The van der Waals surface area contributed by atoms with Gasteiger partial charge >= 0.3 is 0 Å². The number of hydrogen-bond acceptors (Lipinski definition) is 1. The molecule has 0 aromatic heterocycles. The van der Waals surface area contributed by atoms with Crippen molar-refractivity contribution in [2.75, 3.05) is 0 Å². The Labute approximate surface area is 104 Å². The van der Waals surface area contributed by atoms with Crippen molar-refractivity contribution >= 4 is 5.78 Å². The summed E-state index contributed by atoms with van der Waals surface area (Å²) in [5.41, 5.74) is -0.319. The van der Waals surface area contributed by atoms with Crippen LogP contribution in [0.1, 0.15) is 48.9 Å². The van der Waals surface area contributed by atoms with Gasteiger partial charge in [0.05, 0.1) is 5.56 Å². The molecule has 1 aromatic carbocycles. The van der Waals surface area contributed by atoms with Crippen molar-refractivity contribution in [3.8, 4) is 0 Å². The highest BCUT2D eigenvalue weighted by atomic mass is 19.2. The van der Waals surface area contributed by atoms with Gasteiger partial charge < -0.3 is 0 Å². The second-order valence-corrected chi connectivity index (χ2v) is 4.78. The van der Waals surface area contributed by atoms with Gasteiger partial charge in [0.15, 0.2) is 23.2 Å². The van der Waals surface area contributed by atoms with Crippen LogP contribution in [-0.2, 0) is 0 Å². The summed E-state index contributed by atoms with van der Waals surface area (Å²) >= 11 is 0. The Bertz CT molecular complexity index is 449. The first-order valence-electron chi connectivity index (χ1n) is 6.29. The minimum atomic E-state index is -1.56. The summed E-state index contributed by atoms with van der Waals surface area (Å²) in [5, 5.41) is 0. The third kappa shape index (κ3) is 2.57. The highest BCUT2D eigenvalue weighted by Crippen LogP contribution is 2.27. The van der Waals surface area contributed by atoms with Crippen molar-refractivity contribution in [1.29, 1.82) is 0 Å². The molecule has 18 heavy (non-hydrogen) atoms. The Hall–Kier alpha value is -1.32. The van der Waals surface area contributed by atoms with Gasteiger partial charge in [0.25, 0.3) is 0 Å². The zero-order valence-electron chi connectivity index (χ0n) is 10.0. The maximum absolute atomic E-state index is 13.5. The number of ketones is 1. The van der Waals surface area contributed by atoms with Gasteiger partial charge in [0.2, 0.25) is 0 Å². The molecule has 0 amide bonds. The molecule has 98 valence electrons. The summed E-state index contributed by atoms with van der Waals surface area (Å²) < 4.78 is 39.4. The SMILES string of the molecule is O=C(c1ccc(F)c(F)c1F)C1CCCCCC1. The minimum Gasteiger partial charge on any atom is -0.294 e. The van der Waals surface area contributed by atoms with E-state index in [9.17, 15) is 18.0 Å². The third-order valence-electron chi connectivity index (χ3n) is 3.53. The van der Waals surface area contributed by atoms with Crippen LogP contribution in [0, 0.1) is 23.4 Å². The van der Waals surface area contributed by atoms with Gasteiger partial charge in [-0.25, -0.2) is 13.2 Å². The van der Waals surface area contributed by atoms with E-state index < -0.39 is 23.2 Å². The van der Waals surface area contributed by atoms with Gasteiger partial charge in [0.1, 0.15) is 0 Å². The molecule has 2 rings (SSSR count). The molecule has 1 saturated carbocycles. The average Bonchev–Trinajstić information content (AvgIpc) is 2.64. The number of Topliss-reactive ketones (excluding diaryl/α,β-unsaturated/α-hetero) is 1. The number of rotatable bonds is 2. The first kappa shape index (κ1) is 13.1. The topological polar surface area (TPSA) is 17.1 Å². The Morgan fingerprint density at radius 1 is 0.944 bits per heavy atom. The van der Waals surface area contributed by atoms with Gasteiger partial charge in [0, 0.05) is 5.92 Å². The van der Waals surface area contributed by atoms with Crippen LogP contribution >= 0.6 is 0 Å². The van der Waals surface area contributed by atoms with Crippen LogP contribution in [0.5, 0.6) is 0 Å². The number of carbonyl (C=O) groups excluding carboxylic acids is 1. The van der Waals surface area contributed by atoms with E-state index in [1.807, 2.05) is 0 Å². The van der Waals surface area contributed by atoms with Crippen LogP contribution in [0.25, 0.3) is 0 Å². The minimum absolute atomic E-state index is 0.258. The lowest BCUT2D eigenvalue weighted by Gasteiger charge is -2.13. The lowest BCUT2D eigenvalue weighted by molar-refractivity contribution is 0.0902. The van der Waals surface area contributed by atoms with Gasteiger partial charge in [-0.05, 0) is 25.0 Å². The number of halogens is 3. The smallest absolute Gasteiger partial charge is 0.195 e. The Balaban J connectivity index is 2.25. The maximum atomic E-state index is 13.5. The van der Waals surface area contributed by atoms with Crippen molar-refractivity contribution in [3.05, 3.63) is 35.1 Å². The van der Waals surface area contributed by atoms with E-state index in [2.05, 4.69) is 0 Å². The lowest BCUT2D eigenvalue weighted by Crippen LogP contribution is -2.16. The van der Waals surface area contributed by atoms with Crippen molar-refractivity contribution in [2.45, 2.75) is 38.5 Å². The number of hydrogen-bond donors (Lipinski definition) is 0. The van der Waals surface area contributed by atoms with Crippen molar-refractivity contribution in [1.82, 2.24) is 0 Å². The monoisotopic (exact) mass is 256 g/mol. The molecule has 0 radical (unpaired) electrons. The lowest BCUT2D eigenvalue weighted by atomic mass is 9.91. The van der Waals surface area contributed by atoms with Crippen LogP contribution in [0.2, 0.25) is 0 Å². The Morgan fingerprint density at radius 3 is 2.17 bits per heavy atom.